The second-order valence-electron chi connectivity index (χ2n) is 3.29. The molecule has 1 aliphatic rings. The minimum absolute atomic E-state index is 0.455. The molecule has 2 N–H and O–H groups in total. The summed E-state index contributed by atoms with van der Waals surface area (Å²) in [7, 11) is 0. The summed E-state index contributed by atoms with van der Waals surface area (Å²) >= 11 is 4.91. The molecule has 0 amide bonds. The Morgan fingerprint density at radius 2 is 2.54 bits per heavy atom. The van der Waals surface area contributed by atoms with Crippen molar-refractivity contribution < 1.29 is 4.42 Å². The van der Waals surface area contributed by atoms with Crippen LogP contribution in [0.25, 0.3) is 0 Å². The quantitative estimate of drug-likeness (QED) is 0.688. The molecule has 0 radical (unpaired) electrons. The van der Waals surface area contributed by atoms with Gasteiger partial charge in [0.05, 0.1) is 6.26 Å². The number of rotatable bonds is 1. The lowest BCUT2D eigenvalue weighted by Gasteiger charge is -2.14. The van der Waals surface area contributed by atoms with E-state index in [4.69, 9.17) is 22.4 Å². The summed E-state index contributed by atoms with van der Waals surface area (Å²) in [5.74, 6) is 1.50. The Morgan fingerprint density at radius 1 is 1.69 bits per heavy atom. The first-order valence-electron chi connectivity index (χ1n) is 4.35. The molecule has 1 aromatic rings. The zero-order chi connectivity index (χ0) is 9.26. The maximum atomic E-state index is 5.54. The van der Waals surface area contributed by atoms with Gasteiger partial charge in [0.1, 0.15) is 5.76 Å². The molecule has 2 rings (SSSR count). The maximum Gasteiger partial charge on any atom is 0.166 e. The van der Waals surface area contributed by atoms with Gasteiger partial charge >= 0.3 is 0 Å². The van der Waals surface area contributed by atoms with Gasteiger partial charge in [-0.25, -0.2) is 0 Å². The van der Waals surface area contributed by atoms with E-state index in [2.05, 4.69) is 0 Å². The molecule has 0 aromatic carbocycles. The lowest BCUT2D eigenvalue weighted by atomic mass is 10.1. The third kappa shape index (κ3) is 1.67. The second-order valence-corrected chi connectivity index (χ2v) is 3.70. The molecule has 0 saturated carbocycles. The molecular weight excluding hydrogens is 184 g/mol. The summed E-state index contributed by atoms with van der Waals surface area (Å²) in [6.45, 7) is 1.84. The zero-order valence-electron chi connectivity index (χ0n) is 7.27. The van der Waals surface area contributed by atoms with Crippen LogP contribution >= 0.6 is 12.2 Å². The number of likely N-dealkylation sites (tertiary alicyclic amines) is 1. The number of thiocarbonyl (C=S) groups is 1. The number of nitrogens with two attached hydrogens (primary N) is 1. The first-order valence-corrected chi connectivity index (χ1v) is 4.76. The number of nitrogens with zero attached hydrogens (tertiary/aromatic N) is 1. The van der Waals surface area contributed by atoms with Gasteiger partial charge < -0.3 is 15.1 Å². The standard InChI is InChI=1S/C9H12N2OS/c10-9(13)11-4-3-7(6-11)8-2-1-5-12-8/h1-2,5,7H,3-4,6H2,(H2,10,13). The number of hydrogen-bond acceptors (Lipinski definition) is 2. The van der Waals surface area contributed by atoms with Gasteiger partial charge in [-0.05, 0) is 30.8 Å². The van der Waals surface area contributed by atoms with Gasteiger partial charge in [-0.1, -0.05) is 0 Å². The van der Waals surface area contributed by atoms with Crippen LogP contribution in [0, 0.1) is 0 Å². The number of furan rings is 1. The molecule has 13 heavy (non-hydrogen) atoms. The Hall–Kier alpha value is -1.03. The highest BCUT2D eigenvalue weighted by Crippen LogP contribution is 2.26. The Bertz CT molecular complexity index is 297. The second kappa shape index (κ2) is 3.38. The van der Waals surface area contributed by atoms with Crippen molar-refractivity contribution in [3.63, 3.8) is 0 Å². The Balaban J connectivity index is 2.03. The van der Waals surface area contributed by atoms with Gasteiger partial charge in [-0.2, -0.15) is 0 Å². The molecule has 1 fully saturated rings. The number of hydrogen-bond donors (Lipinski definition) is 1. The molecule has 2 heterocycles. The van der Waals surface area contributed by atoms with Gasteiger partial charge in [-0.15, -0.1) is 0 Å². The van der Waals surface area contributed by atoms with Gasteiger partial charge in [0.25, 0.3) is 0 Å². The van der Waals surface area contributed by atoms with Crippen LogP contribution in [0.2, 0.25) is 0 Å². The Kier molecular flexibility index (Phi) is 2.22. The Labute approximate surface area is 82.5 Å². The van der Waals surface area contributed by atoms with E-state index in [1.807, 2.05) is 17.0 Å². The molecule has 3 nitrogen and oxygen atoms in total. The van der Waals surface area contributed by atoms with E-state index in [9.17, 15) is 0 Å². The van der Waals surface area contributed by atoms with E-state index < -0.39 is 0 Å². The summed E-state index contributed by atoms with van der Waals surface area (Å²) in [5.41, 5.74) is 5.54. The SMILES string of the molecule is NC(=S)N1CCC(c2ccco2)C1. The molecule has 1 aliphatic heterocycles. The van der Waals surface area contributed by atoms with Crippen LogP contribution in [0.4, 0.5) is 0 Å². The molecule has 1 atom stereocenters. The Morgan fingerprint density at radius 3 is 3.08 bits per heavy atom. The van der Waals surface area contributed by atoms with Crippen LogP contribution in [-0.2, 0) is 0 Å². The average Bonchev–Trinajstić information content (AvgIpc) is 2.75. The summed E-state index contributed by atoms with van der Waals surface area (Å²) in [6, 6.07) is 3.92. The maximum absolute atomic E-state index is 5.54. The molecule has 70 valence electrons. The summed E-state index contributed by atoms with van der Waals surface area (Å²) in [6.07, 6.45) is 2.78. The van der Waals surface area contributed by atoms with Crippen molar-refractivity contribution in [3.05, 3.63) is 24.2 Å². The monoisotopic (exact) mass is 196 g/mol. The zero-order valence-corrected chi connectivity index (χ0v) is 8.09. The van der Waals surface area contributed by atoms with E-state index in [0.29, 0.717) is 11.0 Å². The fourth-order valence-electron chi connectivity index (χ4n) is 1.72. The molecule has 0 spiro atoms. The van der Waals surface area contributed by atoms with E-state index in [1.54, 1.807) is 6.26 Å². The summed E-state index contributed by atoms with van der Waals surface area (Å²) in [4.78, 5) is 2.02. The normalized spacial score (nSPS) is 22.2. The van der Waals surface area contributed by atoms with Crippen LogP contribution in [-0.4, -0.2) is 23.1 Å². The minimum atomic E-state index is 0.455. The van der Waals surface area contributed by atoms with Crippen molar-refractivity contribution in [2.24, 2.45) is 5.73 Å². The van der Waals surface area contributed by atoms with Crippen molar-refractivity contribution in [1.29, 1.82) is 0 Å². The van der Waals surface area contributed by atoms with Crippen LogP contribution in [0.1, 0.15) is 18.1 Å². The van der Waals surface area contributed by atoms with Crippen molar-refractivity contribution in [3.8, 4) is 0 Å². The van der Waals surface area contributed by atoms with Gasteiger partial charge in [0.2, 0.25) is 0 Å². The van der Waals surface area contributed by atoms with Crippen LogP contribution in [0.3, 0.4) is 0 Å². The van der Waals surface area contributed by atoms with Crippen molar-refractivity contribution >= 4 is 17.3 Å². The largest absolute Gasteiger partial charge is 0.469 e. The molecule has 1 aromatic heterocycles. The van der Waals surface area contributed by atoms with E-state index in [-0.39, 0.29) is 0 Å². The topological polar surface area (TPSA) is 42.4 Å². The van der Waals surface area contributed by atoms with Crippen molar-refractivity contribution in [2.45, 2.75) is 12.3 Å². The molecule has 1 saturated heterocycles. The minimum Gasteiger partial charge on any atom is -0.469 e. The molecule has 1 unspecified atom stereocenters. The van der Waals surface area contributed by atoms with Crippen molar-refractivity contribution in [1.82, 2.24) is 4.90 Å². The predicted molar refractivity (Wildman–Crippen MR) is 54.4 cm³/mol. The molecule has 0 bridgehead atoms. The highest BCUT2D eigenvalue weighted by Gasteiger charge is 2.25. The first-order chi connectivity index (χ1) is 6.27. The van der Waals surface area contributed by atoms with E-state index >= 15 is 0 Å². The van der Waals surface area contributed by atoms with E-state index in [1.165, 1.54) is 0 Å². The van der Waals surface area contributed by atoms with Gasteiger partial charge in [0.15, 0.2) is 5.11 Å². The van der Waals surface area contributed by atoms with Crippen LogP contribution in [0.5, 0.6) is 0 Å². The average molecular weight is 196 g/mol. The fourth-order valence-corrected chi connectivity index (χ4v) is 1.88. The first kappa shape index (κ1) is 8.56. The van der Waals surface area contributed by atoms with Crippen LogP contribution < -0.4 is 5.73 Å². The van der Waals surface area contributed by atoms with Crippen molar-refractivity contribution in [2.75, 3.05) is 13.1 Å². The highest BCUT2D eigenvalue weighted by atomic mass is 32.1. The van der Waals surface area contributed by atoms with Gasteiger partial charge in [0, 0.05) is 19.0 Å². The molecular formula is C9H12N2OS. The fraction of sp³-hybridized carbons (Fsp3) is 0.444. The third-order valence-electron chi connectivity index (χ3n) is 2.45. The third-order valence-corrected chi connectivity index (χ3v) is 2.70. The highest BCUT2D eigenvalue weighted by molar-refractivity contribution is 7.80. The summed E-state index contributed by atoms with van der Waals surface area (Å²) in [5, 5.41) is 0.494. The molecule has 0 aliphatic carbocycles. The lowest BCUT2D eigenvalue weighted by molar-refractivity contribution is 0.453. The van der Waals surface area contributed by atoms with Crippen LogP contribution in [0.15, 0.2) is 22.8 Å². The predicted octanol–water partition coefficient (Wildman–Crippen LogP) is 1.31. The van der Waals surface area contributed by atoms with E-state index in [0.717, 1.165) is 25.3 Å². The van der Waals surface area contributed by atoms with Gasteiger partial charge in [-0.3, -0.25) is 0 Å². The smallest absolute Gasteiger partial charge is 0.166 e. The molecule has 4 heteroatoms. The lowest BCUT2D eigenvalue weighted by Crippen LogP contribution is -2.33. The summed E-state index contributed by atoms with van der Waals surface area (Å²) < 4.78 is 5.33.